The van der Waals surface area contributed by atoms with Gasteiger partial charge in [-0.3, -0.25) is 14.6 Å². The zero-order chi connectivity index (χ0) is 26.7. The predicted octanol–water partition coefficient (Wildman–Crippen LogP) is 5.50. The van der Waals surface area contributed by atoms with E-state index in [2.05, 4.69) is 22.6 Å². The first-order valence-corrected chi connectivity index (χ1v) is 12.8. The fourth-order valence-electron chi connectivity index (χ4n) is 5.43. The lowest BCUT2D eigenvalue weighted by atomic mass is 9.75. The van der Waals surface area contributed by atoms with Gasteiger partial charge in [-0.2, -0.15) is 0 Å². The number of aromatic hydroxyl groups is 1. The van der Waals surface area contributed by atoms with Crippen LogP contribution in [0.3, 0.4) is 0 Å². The maximum Gasteiger partial charge on any atom is 0.312 e. The highest BCUT2D eigenvalue weighted by Gasteiger charge is 2.42. The van der Waals surface area contributed by atoms with E-state index in [1.54, 1.807) is 30.6 Å². The molecule has 2 aromatic heterocycles. The average Bonchev–Trinajstić information content (AvgIpc) is 3.38. The zero-order valence-electron chi connectivity index (χ0n) is 21.4. The lowest BCUT2D eigenvalue weighted by molar-refractivity contribution is -0.157. The molecule has 1 aliphatic rings. The molecular weight excluding hydrogens is 478 g/mol. The van der Waals surface area contributed by atoms with Gasteiger partial charge in [-0.25, -0.2) is 0 Å². The van der Waals surface area contributed by atoms with Crippen LogP contribution in [0.2, 0.25) is 0 Å². The van der Waals surface area contributed by atoms with E-state index >= 15 is 0 Å². The molecule has 0 unspecified atom stereocenters. The largest absolute Gasteiger partial charge is 0.507 e. The summed E-state index contributed by atoms with van der Waals surface area (Å²) < 4.78 is 5.07. The van der Waals surface area contributed by atoms with E-state index in [9.17, 15) is 14.7 Å². The number of esters is 1. The maximum atomic E-state index is 13.5. The minimum absolute atomic E-state index is 0.0106. The molecule has 5 rings (SSSR count). The summed E-state index contributed by atoms with van der Waals surface area (Å²) in [5, 5.41) is 11.5. The fraction of sp³-hybridized carbons (Fsp3) is 0.258. The Kier molecular flexibility index (Phi) is 7.01. The Morgan fingerprint density at radius 1 is 1.13 bits per heavy atom. The van der Waals surface area contributed by atoms with E-state index in [-0.39, 0.29) is 24.0 Å². The number of benzene rings is 2. The monoisotopic (exact) mass is 509 g/mol. The van der Waals surface area contributed by atoms with Gasteiger partial charge in [0.2, 0.25) is 5.91 Å². The molecule has 1 aliphatic heterocycles. The number of methoxy groups -OCH3 is 1. The molecular formula is C31H31N3O4. The van der Waals surface area contributed by atoms with Gasteiger partial charge < -0.3 is 19.7 Å². The summed E-state index contributed by atoms with van der Waals surface area (Å²) in [5.74, 6) is -0.0266. The summed E-state index contributed by atoms with van der Waals surface area (Å²) in [6.07, 6.45) is 7.13. The first kappa shape index (κ1) is 25.3. The number of hydrogen-bond acceptors (Lipinski definition) is 5. The Bertz CT molecular complexity index is 1470. The normalized spacial score (nSPS) is 14.8. The highest BCUT2D eigenvalue weighted by Crippen LogP contribution is 2.38. The Hall–Kier alpha value is -4.39. The third-order valence-corrected chi connectivity index (χ3v) is 7.61. The summed E-state index contributed by atoms with van der Waals surface area (Å²) in [4.78, 5) is 35.4. The first-order chi connectivity index (χ1) is 18.4. The number of fused-ring (bicyclic) bond motifs is 1. The minimum Gasteiger partial charge on any atom is -0.507 e. The van der Waals surface area contributed by atoms with Crippen LogP contribution in [-0.4, -0.2) is 52.1 Å². The Morgan fingerprint density at radius 2 is 1.92 bits per heavy atom. The van der Waals surface area contributed by atoms with Crippen LogP contribution >= 0.6 is 0 Å². The standard InChI is InChI=1S/C31H31N3O4/c1-3-11-31(30(37)38-2)12-15-34(16-13-31)29(36)19-22-9-8-21(24-6-4-5-7-28(24)35)17-25(22)26-18-23-10-14-32-20-27(23)33-26/h3-10,14,17-18,20,33,35H,1,11-13,15-16,19H2,2H3. The second-order valence-corrected chi connectivity index (χ2v) is 9.86. The number of nitrogens with one attached hydrogen (secondary N) is 1. The summed E-state index contributed by atoms with van der Waals surface area (Å²) in [7, 11) is 1.41. The molecule has 0 aliphatic carbocycles. The molecule has 1 fully saturated rings. The van der Waals surface area contributed by atoms with Gasteiger partial charge in [-0.15, -0.1) is 6.58 Å². The van der Waals surface area contributed by atoms with E-state index in [0.29, 0.717) is 32.4 Å². The molecule has 0 bridgehead atoms. The number of H-pyrrole nitrogens is 1. The Balaban J connectivity index is 1.45. The number of likely N-dealkylation sites (tertiary alicyclic amines) is 1. The number of piperidine rings is 1. The number of para-hydroxylation sites is 1. The molecule has 1 amide bonds. The molecule has 38 heavy (non-hydrogen) atoms. The summed E-state index contributed by atoms with van der Waals surface area (Å²) in [6.45, 7) is 4.79. The number of aromatic nitrogens is 2. The average molecular weight is 510 g/mol. The SMILES string of the molecule is C=CCC1(C(=O)OC)CCN(C(=O)Cc2ccc(-c3ccccc3O)cc2-c2cc3ccncc3[nH]2)CC1. The number of aromatic amines is 1. The van der Waals surface area contributed by atoms with Crippen molar-refractivity contribution in [2.45, 2.75) is 25.7 Å². The number of carbonyl (C=O) groups excluding carboxylic acids is 2. The van der Waals surface area contributed by atoms with Gasteiger partial charge in [-0.1, -0.05) is 36.4 Å². The van der Waals surface area contributed by atoms with Crippen LogP contribution < -0.4 is 0 Å². The van der Waals surface area contributed by atoms with Crippen molar-refractivity contribution < 1.29 is 19.4 Å². The zero-order valence-corrected chi connectivity index (χ0v) is 21.4. The number of pyridine rings is 1. The quantitative estimate of drug-likeness (QED) is 0.253. The van der Waals surface area contributed by atoms with Crippen molar-refractivity contribution in [1.82, 2.24) is 14.9 Å². The van der Waals surface area contributed by atoms with Crippen molar-refractivity contribution in [2.24, 2.45) is 5.41 Å². The van der Waals surface area contributed by atoms with Crippen molar-refractivity contribution in [1.29, 1.82) is 0 Å². The summed E-state index contributed by atoms with van der Waals surface area (Å²) in [5.41, 5.74) is 4.52. The molecule has 194 valence electrons. The van der Waals surface area contributed by atoms with Gasteiger partial charge in [0, 0.05) is 41.5 Å². The molecule has 0 spiro atoms. The van der Waals surface area contributed by atoms with Gasteiger partial charge in [0.25, 0.3) is 0 Å². The second kappa shape index (κ2) is 10.5. The lowest BCUT2D eigenvalue weighted by Crippen LogP contribution is -2.47. The molecule has 2 aromatic carbocycles. The van der Waals surface area contributed by atoms with Gasteiger partial charge >= 0.3 is 5.97 Å². The number of phenols is 1. The van der Waals surface area contributed by atoms with Crippen LogP contribution in [0.1, 0.15) is 24.8 Å². The van der Waals surface area contributed by atoms with Crippen molar-refractivity contribution >= 4 is 22.8 Å². The number of ether oxygens (including phenoxy) is 1. The number of allylic oxidation sites excluding steroid dienone is 1. The van der Waals surface area contributed by atoms with Gasteiger partial charge in [0.15, 0.2) is 0 Å². The van der Waals surface area contributed by atoms with Gasteiger partial charge in [0.1, 0.15) is 5.75 Å². The van der Waals surface area contributed by atoms with Crippen molar-refractivity contribution in [3.63, 3.8) is 0 Å². The number of nitrogens with zero attached hydrogens (tertiary/aromatic N) is 2. The molecule has 0 atom stereocenters. The molecule has 0 saturated carbocycles. The van der Waals surface area contributed by atoms with E-state index in [1.165, 1.54) is 7.11 Å². The van der Waals surface area contributed by atoms with E-state index < -0.39 is 5.41 Å². The fourth-order valence-corrected chi connectivity index (χ4v) is 5.43. The molecule has 4 aromatic rings. The number of hydrogen-bond donors (Lipinski definition) is 2. The molecule has 7 heteroatoms. The molecule has 3 heterocycles. The van der Waals surface area contributed by atoms with Gasteiger partial charge in [-0.05, 0) is 54.7 Å². The summed E-state index contributed by atoms with van der Waals surface area (Å²) in [6, 6.07) is 17.1. The van der Waals surface area contributed by atoms with Crippen molar-refractivity contribution in [3.05, 3.63) is 85.2 Å². The first-order valence-electron chi connectivity index (χ1n) is 12.8. The van der Waals surface area contributed by atoms with Crippen LogP contribution in [-0.2, 0) is 20.7 Å². The van der Waals surface area contributed by atoms with Crippen LogP contribution in [0.15, 0.2) is 79.6 Å². The second-order valence-electron chi connectivity index (χ2n) is 9.86. The number of carbonyl (C=O) groups is 2. The molecule has 2 N–H and O–H groups in total. The minimum atomic E-state index is -0.615. The lowest BCUT2D eigenvalue weighted by Gasteiger charge is -2.39. The Labute approximate surface area is 221 Å². The topological polar surface area (TPSA) is 95.5 Å². The number of phenolic OH excluding ortho intramolecular Hbond substituents is 1. The highest BCUT2D eigenvalue weighted by atomic mass is 16.5. The van der Waals surface area contributed by atoms with Crippen molar-refractivity contribution in [3.8, 4) is 28.1 Å². The highest BCUT2D eigenvalue weighted by molar-refractivity contribution is 5.89. The number of rotatable bonds is 7. The van der Waals surface area contributed by atoms with Crippen LogP contribution in [0, 0.1) is 5.41 Å². The van der Waals surface area contributed by atoms with Crippen molar-refractivity contribution in [2.75, 3.05) is 20.2 Å². The molecule has 1 saturated heterocycles. The molecule has 0 radical (unpaired) electrons. The smallest absolute Gasteiger partial charge is 0.312 e. The summed E-state index contributed by atoms with van der Waals surface area (Å²) >= 11 is 0. The van der Waals surface area contributed by atoms with E-state index in [0.717, 1.165) is 38.9 Å². The third-order valence-electron chi connectivity index (χ3n) is 7.61. The Morgan fingerprint density at radius 3 is 2.63 bits per heavy atom. The predicted molar refractivity (Wildman–Crippen MR) is 147 cm³/mol. The molecule has 7 nitrogen and oxygen atoms in total. The number of amides is 1. The van der Waals surface area contributed by atoms with E-state index in [4.69, 9.17) is 4.74 Å². The van der Waals surface area contributed by atoms with Crippen LogP contribution in [0.5, 0.6) is 5.75 Å². The van der Waals surface area contributed by atoms with Crippen LogP contribution in [0.4, 0.5) is 0 Å². The van der Waals surface area contributed by atoms with Gasteiger partial charge in [0.05, 0.1) is 30.7 Å². The third kappa shape index (κ3) is 4.79. The maximum absolute atomic E-state index is 13.5. The van der Waals surface area contributed by atoms with Crippen LogP contribution in [0.25, 0.3) is 33.3 Å². The van der Waals surface area contributed by atoms with E-state index in [1.807, 2.05) is 41.3 Å².